The maximum absolute atomic E-state index is 0. The molecule has 0 aliphatic carbocycles. The van der Waals surface area contributed by atoms with E-state index in [9.17, 15) is 0 Å². The first-order valence-electron chi connectivity index (χ1n) is 0. The van der Waals surface area contributed by atoms with Crippen molar-refractivity contribution in [3.8, 4) is 0 Å². The summed E-state index contributed by atoms with van der Waals surface area (Å²) in [6.07, 6.45) is 0. The van der Waals surface area contributed by atoms with Crippen molar-refractivity contribution in [1.29, 1.82) is 0 Å². The fraction of sp³-hybridized carbons (Fsp3) is 0. The fourth-order valence-corrected chi connectivity index (χ4v) is 0. The molecule has 0 aromatic heterocycles. The van der Waals surface area contributed by atoms with Gasteiger partial charge >= 0.3 is 25.8 Å². The summed E-state index contributed by atoms with van der Waals surface area (Å²) in [4.78, 5) is 0. The zero-order chi connectivity index (χ0) is 0. The third-order valence-electron chi connectivity index (χ3n) is 0. The van der Waals surface area contributed by atoms with Crippen LogP contribution in [0.2, 0.25) is 0 Å². The molecule has 11 heavy (non-hydrogen) atoms. The summed E-state index contributed by atoms with van der Waals surface area (Å²) in [7, 11) is 0. The zero-order valence-electron chi connectivity index (χ0n) is 3.33. The molecule has 0 aromatic rings. The Kier molecular flexibility index (Phi) is 1010. The van der Waals surface area contributed by atoms with E-state index >= 15 is 0 Å². The molecule has 0 aromatic carbocycles. The molecule has 0 spiro atoms. The molecule has 0 amide bonds. The molecule has 0 saturated heterocycles. The molecule has 0 rings (SSSR count). The van der Waals surface area contributed by atoms with Gasteiger partial charge < -0.3 is 0 Å². The average Bonchev–Trinajstić information content (AvgIpc) is 0. The number of hydrogen-bond donors (Lipinski definition) is 0. The summed E-state index contributed by atoms with van der Waals surface area (Å²) >= 11 is 0. The molecular weight excluding hydrogens is 664 g/mol. The molecule has 0 heterocycles. The molecule has 0 saturated carbocycles. The van der Waals surface area contributed by atoms with E-state index < -0.39 is 0 Å². The molecule has 0 atom stereocenters. The van der Waals surface area contributed by atoms with E-state index in [1.165, 1.54) is 0 Å². The molecule has 0 aliphatic heterocycles. The topological polar surface area (TPSA) is 0 Å². The van der Waals surface area contributed by atoms with Crippen LogP contribution in [0.15, 0.2) is 0 Å². The van der Waals surface area contributed by atoms with Crippen molar-refractivity contribution < 1.29 is 146 Å². The van der Waals surface area contributed by atoms with Crippen molar-refractivity contribution in [3.63, 3.8) is 0 Å². The van der Waals surface area contributed by atoms with Crippen LogP contribution in [0, 0.1) is 37.3 Å². The van der Waals surface area contributed by atoms with E-state index in [0.717, 1.165) is 0 Å². The minimum absolute atomic E-state index is 0. The quantitative estimate of drug-likeness (QED) is 0.229. The van der Waals surface area contributed by atoms with Gasteiger partial charge in [-0.2, -0.15) is 0 Å². The van der Waals surface area contributed by atoms with Crippen LogP contribution in [-0.4, -0.2) is 62.6 Å². The molecule has 0 fully saturated rings. The monoisotopic (exact) mass is 674 g/mol. The van der Waals surface area contributed by atoms with Crippen LogP contribution in [0.1, 0.15) is 0 Å². The van der Waals surface area contributed by atoms with Gasteiger partial charge in [-0.15, -0.1) is 0 Å². The Bertz CT molecular complexity index is 36.1. The van der Waals surface area contributed by atoms with E-state index in [-0.39, 0.29) is 209 Å². The second-order valence-electron chi connectivity index (χ2n) is 0. The summed E-state index contributed by atoms with van der Waals surface area (Å²) in [6.45, 7) is 0. The molecule has 6 radical (unpaired) electrons. The van der Waals surface area contributed by atoms with Gasteiger partial charge in [-0.3, -0.25) is 0 Å². The summed E-state index contributed by atoms with van der Waals surface area (Å²) in [5.41, 5.74) is 0. The van der Waals surface area contributed by atoms with Gasteiger partial charge in [0.15, 0.2) is 17.4 Å². The third-order valence-corrected chi connectivity index (χ3v) is 0. The summed E-state index contributed by atoms with van der Waals surface area (Å²) < 4.78 is 0. The van der Waals surface area contributed by atoms with Gasteiger partial charge in [0.05, 0.1) is 0 Å². The minimum Gasteiger partial charge on any atom is -0.0149 e. The molecule has 0 aliphatic rings. The fourth-order valence-electron chi connectivity index (χ4n) is 0. The largest absolute Gasteiger partial charge is 0.0149 e. The van der Waals surface area contributed by atoms with E-state index in [1.54, 1.807) is 0 Å². The Morgan fingerprint density at radius 1 is 0.909 bits per heavy atom. The molecule has 0 N–H and O–H groups in total. The van der Waals surface area contributed by atoms with E-state index in [1.807, 2.05) is 0 Å². The van der Waals surface area contributed by atoms with Crippen LogP contribution in [-0.2, 0) is 109 Å². The molecule has 0 unspecified atom stereocenters. The summed E-state index contributed by atoms with van der Waals surface area (Å²) in [6, 6.07) is 0. The SMILES string of the molecule is [AlH3].[B].[Cr].[Er].[Fe].[InH3].[Mn].[Mn].[SiH4].[Ti].[V]. The second-order valence-corrected chi connectivity index (χ2v) is 0. The molecule has 72 valence electrons. The van der Waals surface area contributed by atoms with Crippen molar-refractivity contribution in [2.24, 2.45) is 0 Å². The average molecular weight is 675 g/mol. The number of rotatable bonds is 0. The Balaban J connectivity index is 0. The van der Waals surface area contributed by atoms with Gasteiger partial charge in [0.25, 0.3) is 0 Å². The Morgan fingerprint density at radius 3 is 0.909 bits per heavy atom. The summed E-state index contributed by atoms with van der Waals surface area (Å²) in [5, 5.41) is 0. The van der Waals surface area contributed by atoms with E-state index in [0.29, 0.717) is 0 Å². The van der Waals surface area contributed by atoms with Crippen LogP contribution in [0.5, 0.6) is 0 Å². The predicted octanol–water partition coefficient (Wildman–Crippen LogP) is -4.22. The van der Waals surface area contributed by atoms with E-state index in [2.05, 4.69) is 0 Å². The number of hydrogen-bond acceptors (Lipinski definition) is 0. The van der Waals surface area contributed by atoms with Crippen LogP contribution in [0.3, 0.4) is 0 Å². The van der Waals surface area contributed by atoms with Crippen LogP contribution in [0.25, 0.3) is 0 Å². The molecule has 11 heteroatoms. The van der Waals surface area contributed by atoms with Crippen molar-refractivity contribution >= 4 is 62.6 Å². The third kappa shape index (κ3) is 83.8. The Morgan fingerprint density at radius 2 is 0.909 bits per heavy atom. The van der Waals surface area contributed by atoms with Gasteiger partial charge in [0.2, 0.25) is 0 Å². The summed E-state index contributed by atoms with van der Waals surface area (Å²) in [5.74, 6) is 0. The maximum Gasteiger partial charge on any atom is 0 e. The zero-order valence-corrected chi connectivity index (χ0v) is 12.9. The predicted molar refractivity (Wildman–Crippen MR) is 37.0 cm³/mol. The Hall–Kier alpha value is 6.32. The Labute approximate surface area is 204 Å². The smallest absolute Gasteiger partial charge is 0 e. The van der Waals surface area contributed by atoms with Crippen LogP contribution < -0.4 is 0 Å². The molecule has 0 bridgehead atoms. The van der Waals surface area contributed by atoms with Crippen molar-refractivity contribution in [2.75, 3.05) is 0 Å². The molecule has 0 nitrogen and oxygen atoms in total. The van der Waals surface area contributed by atoms with Gasteiger partial charge in [0, 0.05) is 155 Å². The van der Waals surface area contributed by atoms with Crippen molar-refractivity contribution in [2.45, 2.75) is 0 Å². The standard InChI is InChI=1S/Al.B.Cr.Er.Fe.In.2Mn.H4Si.Ti.V.6H/h;;;;;;;;1H4;;;;;;;;. The van der Waals surface area contributed by atoms with Crippen molar-refractivity contribution in [1.82, 2.24) is 0 Å². The first-order valence-corrected chi connectivity index (χ1v) is 0. The van der Waals surface area contributed by atoms with Crippen LogP contribution >= 0.6 is 0 Å². The van der Waals surface area contributed by atoms with Crippen LogP contribution in [0.4, 0.5) is 0 Å². The second kappa shape index (κ2) is 95.9. The van der Waals surface area contributed by atoms with Gasteiger partial charge in [0.1, 0.15) is 0 Å². The normalized spacial score (nSPS) is 0. The minimum atomic E-state index is 0. The first kappa shape index (κ1) is 115. The van der Waals surface area contributed by atoms with Gasteiger partial charge in [-0.25, -0.2) is 0 Å². The molecular formula is H10AlBCrErFeInMn2SiTiV. The van der Waals surface area contributed by atoms with Gasteiger partial charge in [-0.05, 0) is 11.0 Å². The maximum atomic E-state index is 0. The van der Waals surface area contributed by atoms with E-state index in [4.69, 9.17) is 0 Å². The first-order chi connectivity index (χ1) is 0. The van der Waals surface area contributed by atoms with Crippen molar-refractivity contribution in [3.05, 3.63) is 0 Å². The van der Waals surface area contributed by atoms with Gasteiger partial charge in [-0.1, -0.05) is 0 Å².